The zero-order valence-electron chi connectivity index (χ0n) is 16.5. The Morgan fingerprint density at radius 1 is 0.967 bits per heavy atom. The molecular formula is C24H22Cl2N2OS. The van der Waals surface area contributed by atoms with Crippen molar-refractivity contribution in [2.75, 3.05) is 5.32 Å². The van der Waals surface area contributed by atoms with Crippen LogP contribution >= 0.6 is 34.5 Å². The second-order valence-electron chi connectivity index (χ2n) is 7.32. The van der Waals surface area contributed by atoms with Crippen LogP contribution in [0.2, 0.25) is 10.0 Å². The second-order valence-corrected chi connectivity index (χ2v) is 9.19. The number of fused-ring (bicyclic) bond motifs is 1. The van der Waals surface area contributed by atoms with E-state index in [9.17, 15) is 4.79 Å². The van der Waals surface area contributed by atoms with Gasteiger partial charge in [0.05, 0.1) is 15.6 Å². The maximum Gasteiger partial charge on any atom is 0.259 e. The second kappa shape index (κ2) is 9.78. The minimum Gasteiger partial charge on any atom is -0.322 e. The predicted octanol–water partition coefficient (Wildman–Crippen LogP) is 7.72. The topological polar surface area (TPSA) is 41.5 Å². The number of aliphatic imine (C=N–C) groups is 1. The molecule has 1 N–H and O–H groups in total. The summed E-state index contributed by atoms with van der Waals surface area (Å²) in [5.41, 5.74) is 3.35. The van der Waals surface area contributed by atoms with Crippen molar-refractivity contribution in [3.8, 4) is 0 Å². The van der Waals surface area contributed by atoms with E-state index in [1.165, 1.54) is 17.7 Å². The number of nitrogens with zero attached hydrogens (tertiary/aromatic N) is 1. The Labute approximate surface area is 190 Å². The highest BCUT2D eigenvalue weighted by atomic mass is 35.5. The molecule has 0 aliphatic heterocycles. The number of carbonyl (C=O) groups is 1. The maximum absolute atomic E-state index is 13.3. The Morgan fingerprint density at radius 3 is 2.53 bits per heavy atom. The lowest BCUT2D eigenvalue weighted by Gasteiger charge is -2.12. The van der Waals surface area contributed by atoms with Crippen molar-refractivity contribution in [1.29, 1.82) is 0 Å². The average molecular weight is 457 g/mol. The molecule has 1 aliphatic rings. The molecule has 0 spiro atoms. The molecule has 1 amide bonds. The molecule has 154 valence electrons. The number of para-hydroxylation sites is 1. The van der Waals surface area contributed by atoms with Crippen molar-refractivity contribution in [2.24, 2.45) is 4.99 Å². The van der Waals surface area contributed by atoms with Crippen molar-refractivity contribution < 1.29 is 4.79 Å². The van der Waals surface area contributed by atoms with E-state index in [1.807, 2.05) is 42.5 Å². The Hall–Kier alpha value is -2.14. The zero-order valence-corrected chi connectivity index (χ0v) is 18.8. The lowest BCUT2D eigenvalue weighted by molar-refractivity contribution is 0.102. The first-order valence-corrected chi connectivity index (χ1v) is 11.7. The summed E-state index contributed by atoms with van der Waals surface area (Å²) in [5.74, 6) is -0.108. The standard InChI is InChI=1S/C24H22Cl2N2OS/c25-19-13-8-9-16(22(19)26)15-27-24-21(23(29)28-17-10-4-3-5-11-17)18-12-6-1-2-7-14-20(18)30-24/h3-5,8-11,13,15H,1-2,6-7,12,14H2,(H,28,29). The summed E-state index contributed by atoms with van der Waals surface area (Å²) >= 11 is 14.1. The van der Waals surface area contributed by atoms with Gasteiger partial charge in [0.25, 0.3) is 5.91 Å². The highest BCUT2D eigenvalue weighted by Crippen LogP contribution is 2.39. The number of aryl methyl sites for hydroxylation is 1. The van der Waals surface area contributed by atoms with Crippen LogP contribution in [0, 0.1) is 0 Å². The van der Waals surface area contributed by atoms with Gasteiger partial charge >= 0.3 is 0 Å². The number of thiophene rings is 1. The van der Waals surface area contributed by atoms with Crippen LogP contribution in [0.15, 0.2) is 53.5 Å². The third-order valence-electron chi connectivity index (χ3n) is 5.21. The summed E-state index contributed by atoms with van der Waals surface area (Å²) in [6, 6.07) is 15.0. The van der Waals surface area contributed by atoms with Gasteiger partial charge in [-0.2, -0.15) is 0 Å². The van der Waals surface area contributed by atoms with Crippen LogP contribution in [-0.2, 0) is 12.8 Å². The van der Waals surface area contributed by atoms with Gasteiger partial charge in [-0.15, -0.1) is 11.3 Å². The van der Waals surface area contributed by atoms with Crippen LogP contribution in [-0.4, -0.2) is 12.1 Å². The van der Waals surface area contributed by atoms with Crippen LogP contribution in [0.5, 0.6) is 0 Å². The van der Waals surface area contributed by atoms with Gasteiger partial charge in [0.1, 0.15) is 5.00 Å². The van der Waals surface area contributed by atoms with Crippen LogP contribution in [0.1, 0.15) is 52.0 Å². The molecule has 0 saturated carbocycles. The number of anilines is 1. The minimum absolute atomic E-state index is 0.108. The Morgan fingerprint density at radius 2 is 1.73 bits per heavy atom. The molecule has 6 heteroatoms. The van der Waals surface area contributed by atoms with E-state index in [1.54, 1.807) is 23.6 Å². The monoisotopic (exact) mass is 456 g/mol. The van der Waals surface area contributed by atoms with Gasteiger partial charge in [0.15, 0.2) is 0 Å². The number of hydrogen-bond acceptors (Lipinski definition) is 3. The molecule has 1 heterocycles. The van der Waals surface area contributed by atoms with Gasteiger partial charge in [-0.05, 0) is 49.4 Å². The summed E-state index contributed by atoms with van der Waals surface area (Å²) in [5, 5.41) is 4.72. The number of benzene rings is 2. The van der Waals surface area contributed by atoms with Gasteiger partial charge in [-0.25, -0.2) is 4.99 Å². The van der Waals surface area contributed by atoms with Gasteiger partial charge in [0.2, 0.25) is 0 Å². The summed E-state index contributed by atoms with van der Waals surface area (Å²) in [6.07, 6.45) is 8.29. The minimum atomic E-state index is -0.108. The van der Waals surface area contributed by atoms with E-state index in [0.29, 0.717) is 15.6 Å². The van der Waals surface area contributed by atoms with E-state index >= 15 is 0 Å². The summed E-state index contributed by atoms with van der Waals surface area (Å²) in [4.78, 5) is 19.2. The highest BCUT2D eigenvalue weighted by Gasteiger charge is 2.24. The predicted molar refractivity (Wildman–Crippen MR) is 128 cm³/mol. The van der Waals surface area contributed by atoms with Crippen molar-refractivity contribution in [3.63, 3.8) is 0 Å². The first-order valence-electron chi connectivity index (χ1n) is 10.1. The first kappa shape index (κ1) is 21.1. The van der Waals surface area contributed by atoms with Crippen LogP contribution < -0.4 is 5.32 Å². The third kappa shape index (κ3) is 4.77. The fourth-order valence-electron chi connectivity index (χ4n) is 3.69. The molecule has 3 nitrogen and oxygen atoms in total. The molecule has 1 aromatic heterocycles. The number of hydrogen-bond donors (Lipinski definition) is 1. The van der Waals surface area contributed by atoms with Gasteiger partial charge in [0, 0.05) is 22.3 Å². The van der Waals surface area contributed by atoms with Crippen LogP contribution in [0.25, 0.3) is 0 Å². The van der Waals surface area contributed by atoms with Gasteiger partial charge in [-0.3, -0.25) is 4.79 Å². The number of carbonyl (C=O) groups excluding carboxylic acids is 1. The van der Waals surface area contributed by atoms with E-state index in [0.717, 1.165) is 47.5 Å². The van der Waals surface area contributed by atoms with Crippen molar-refractivity contribution >= 4 is 57.3 Å². The van der Waals surface area contributed by atoms with Crippen LogP contribution in [0.4, 0.5) is 10.7 Å². The molecule has 0 saturated heterocycles. The molecule has 0 atom stereocenters. The SMILES string of the molecule is O=C(Nc1ccccc1)c1c(N=Cc2cccc(Cl)c2Cl)sc2c1CCCCCC2. The van der Waals surface area contributed by atoms with E-state index in [-0.39, 0.29) is 5.91 Å². The number of nitrogens with one attached hydrogen (secondary N) is 1. The van der Waals surface area contributed by atoms with Crippen molar-refractivity contribution in [2.45, 2.75) is 38.5 Å². The smallest absolute Gasteiger partial charge is 0.259 e. The number of rotatable bonds is 4. The first-order chi connectivity index (χ1) is 14.6. The molecule has 30 heavy (non-hydrogen) atoms. The van der Waals surface area contributed by atoms with Crippen molar-refractivity contribution in [3.05, 3.63) is 80.1 Å². The van der Waals surface area contributed by atoms with E-state index in [2.05, 4.69) is 5.32 Å². The highest BCUT2D eigenvalue weighted by molar-refractivity contribution is 7.16. The molecular weight excluding hydrogens is 435 g/mol. The normalized spacial score (nSPS) is 14.2. The Bertz CT molecular complexity index is 1080. The molecule has 1 aliphatic carbocycles. The lowest BCUT2D eigenvalue weighted by Crippen LogP contribution is -2.14. The summed E-state index contributed by atoms with van der Waals surface area (Å²) in [6.45, 7) is 0. The Balaban J connectivity index is 1.73. The Kier molecular flexibility index (Phi) is 6.88. The van der Waals surface area contributed by atoms with E-state index < -0.39 is 0 Å². The van der Waals surface area contributed by atoms with Gasteiger partial charge < -0.3 is 5.32 Å². The van der Waals surface area contributed by atoms with Gasteiger partial charge in [-0.1, -0.05) is 66.4 Å². The zero-order chi connectivity index (χ0) is 20.9. The maximum atomic E-state index is 13.3. The van der Waals surface area contributed by atoms with E-state index in [4.69, 9.17) is 28.2 Å². The molecule has 0 bridgehead atoms. The fraction of sp³-hybridized carbons (Fsp3) is 0.250. The quantitative estimate of drug-likeness (QED) is 0.401. The number of amides is 1. The fourth-order valence-corrected chi connectivity index (χ4v) is 5.28. The average Bonchev–Trinajstić information content (AvgIpc) is 3.06. The molecule has 0 unspecified atom stereocenters. The number of halogens is 2. The summed E-state index contributed by atoms with van der Waals surface area (Å²) in [7, 11) is 0. The molecule has 0 fully saturated rings. The van der Waals surface area contributed by atoms with Crippen LogP contribution in [0.3, 0.4) is 0 Å². The molecule has 3 aromatic rings. The van der Waals surface area contributed by atoms with Crippen molar-refractivity contribution in [1.82, 2.24) is 0 Å². The largest absolute Gasteiger partial charge is 0.322 e. The third-order valence-corrected chi connectivity index (χ3v) is 7.25. The lowest BCUT2D eigenvalue weighted by atomic mass is 9.96. The molecule has 2 aromatic carbocycles. The molecule has 4 rings (SSSR count). The summed E-state index contributed by atoms with van der Waals surface area (Å²) < 4.78 is 0. The molecule has 0 radical (unpaired) electrons.